The van der Waals surface area contributed by atoms with Crippen molar-refractivity contribution in [3.05, 3.63) is 0 Å². The predicted octanol–water partition coefficient (Wildman–Crippen LogP) is 2.12. The molecule has 0 amide bonds. The third-order valence-corrected chi connectivity index (χ3v) is 6.15. The highest BCUT2D eigenvalue weighted by Crippen LogP contribution is 2.57. The fourth-order valence-electron chi connectivity index (χ4n) is 4.46. The number of rotatable bonds is 5. The van der Waals surface area contributed by atoms with Crippen molar-refractivity contribution in [3.8, 4) is 0 Å². The molecule has 0 aromatic carbocycles. The maximum absolute atomic E-state index is 11.4. The molecule has 2 aliphatic carbocycles. The lowest BCUT2D eigenvalue weighted by atomic mass is 9.47. The van der Waals surface area contributed by atoms with Crippen LogP contribution < -0.4 is 10.0 Å². The summed E-state index contributed by atoms with van der Waals surface area (Å²) in [4.78, 5) is 0. The van der Waals surface area contributed by atoms with Gasteiger partial charge in [0.15, 0.2) is 0 Å². The molecule has 20 heavy (non-hydrogen) atoms. The second kappa shape index (κ2) is 5.25. The van der Waals surface area contributed by atoms with Crippen LogP contribution in [0.2, 0.25) is 0 Å². The van der Waals surface area contributed by atoms with E-state index in [1.54, 1.807) is 0 Å². The monoisotopic (exact) mass is 302 g/mol. The second-order valence-electron chi connectivity index (χ2n) is 7.99. The molecule has 0 heterocycles. The number of sulfonamides is 1. The zero-order valence-electron chi connectivity index (χ0n) is 13.5. The first-order valence-electron chi connectivity index (χ1n) is 7.75. The summed E-state index contributed by atoms with van der Waals surface area (Å²) >= 11 is 0. The van der Waals surface area contributed by atoms with Gasteiger partial charge in [-0.05, 0) is 43.9 Å². The Kier molecular flexibility index (Phi) is 4.27. The number of hydrogen-bond donors (Lipinski definition) is 2. The zero-order valence-corrected chi connectivity index (χ0v) is 14.3. The summed E-state index contributed by atoms with van der Waals surface area (Å²) in [5, 5.41) is 3.64. The minimum absolute atomic E-state index is 0.340. The minimum atomic E-state index is -3.16. The molecule has 0 aliphatic heterocycles. The van der Waals surface area contributed by atoms with Crippen molar-refractivity contribution < 1.29 is 8.42 Å². The second-order valence-corrected chi connectivity index (χ2v) is 9.74. The van der Waals surface area contributed by atoms with Crippen molar-refractivity contribution in [3.63, 3.8) is 0 Å². The summed E-state index contributed by atoms with van der Waals surface area (Å²) in [7, 11) is -3.16. The van der Waals surface area contributed by atoms with Gasteiger partial charge >= 0.3 is 0 Å². The fourth-order valence-corrected chi connectivity index (χ4v) is 5.54. The topological polar surface area (TPSA) is 58.2 Å². The van der Waals surface area contributed by atoms with E-state index in [2.05, 4.69) is 23.9 Å². The van der Waals surface area contributed by atoms with Crippen LogP contribution in [0.3, 0.4) is 0 Å². The third kappa shape index (κ3) is 3.37. The first-order chi connectivity index (χ1) is 9.03. The van der Waals surface area contributed by atoms with E-state index in [0.29, 0.717) is 18.0 Å². The Morgan fingerprint density at radius 3 is 2.40 bits per heavy atom. The van der Waals surface area contributed by atoms with Gasteiger partial charge in [0, 0.05) is 18.1 Å². The first-order valence-corrected chi connectivity index (χ1v) is 9.64. The fraction of sp³-hybridized carbons (Fsp3) is 1.00. The van der Waals surface area contributed by atoms with Crippen molar-refractivity contribution >= 4 is 10.0 Å². The molecule has 0 bridgehead atoms. The molecule has 2 N–H and O–H groups in total. The van der Waals surface area contributed by atoms with E-state index >= 15 is 0 Å². The molecule has 2 fully saturated rings. The highest BCUT2D eigenvalue weighted by molar-refractivity contribution is 7.88. The molecule has 3 atom stereocenters. The van der Waals surface area contributed by atoms with Crippen LogP contribution in [0.1, 0.15) is 53.4 Å². The quantitative estimate of drug-likeness (QED) is 0.818. The van der Waals surface area contributed by atoms with Gasteiger partial charge in [0.25, 0.3) is 0 Å². The molecule has 0 radical (unpaired) electrons. The summed E-state index contributed by atoms with van der Waals surface area (Å²) in [5.41, 5.74) is -0.102. The molecular weight excluding hydrogens is 272 g/mol. The molecule has 0 aromatic heterocycles. The van der Waals surface area contributed by atoms with Crippen LogP contribution in [0.5, 0.6) is 0 Å². The molecule has 2 aliphatic rings. The largest absolute Gasteiger partial charge is 0.311 e. The van der Waals surface area contributed by atoms with E-state index in [9.17, 15) is 8.42 Å². The van der Waals surface area contributed by atoms with Crippen molar-refractivity contribution in [2.45, 2.75) is 65.0 Å². The predicted molar refractivity (Wildman–Crippen MR) is 83.1 cm³/mol. The van der Waals surface area contributed by atoms with Crippen LogP contribution in [0.25, 0.3) is 0 Å². The van der Waals surface area contributed by atoms with Crippen molar-refractivity contribution in [1.29, 1.82) is 0 Å². The van der Waals surface area contributed by atoms with Crippen molar-refractivity contribution in [2.24, 2.45) is 17.3 Å². The van der Waals surface area contributed by atoms with Crippen LogP contribution in [0.4, 0.5) is 0 Å². The smallest absolute Gasteiger partial charge is 0.209 e. The Bertz CT molecular complexity index is 456. The Balaban J connectivity index is 1.93. The molecule has 2 rings (SSSR count). The van der Waals surface area contributed by atoms with Gasteiger partial charge in [0.1, 0.15) is 0 Å². The average Bonchev–Trinajstić information content (AvgIpc) is 2.25. The van der Waals surface area contributed by atoms with E-state index in [4.69, 9.17) is 0 Å². The van der Waals surface area contributed by atoms with Gasteiger partial charge in [-0.3, -0.25) is 0 Å². The lowest BCUT2D eigenvalue weighted by Crippen LogP contribution is -2.67. The van der Waals surface area contributed by atoms with Gasteiger partial charge in [0.05, 0.1) is 6.26 Å². The normalized spacial score (nSPS) is 33.4. The molecule has 0 saturated heterocycles. The Morgan fingerprint density at radius 1 is 1.20 bits per heavy atom. The van der Waals surface area contributed by atoms with Gasteiger partial charge in [-0.15, -0.1) is 0 Å². The summed E-state index contributed by atoms with van der Waals surface area (Å²) in [5.74, 6) is 1.63. The number of nitrogens with one attached hydrogen (secondary N) is 2. The molecule has 0 unspecified atom stereocenters. The Hall–Kier alpha value is -0.130. The minimum Gasteiger partial charge on any atom is -0.311 e. The molecule has 4 nitrogen and oxygen atoms in total. The molecule has 2 saturated carbocycles. The van der Waals surface area contributed by atoms with Crippen LogP contribution in [0, 0.1) is 17.3 Å². The van der Waals surface area contributed by atoms with Gasteiger partial charge in [-0.2, -0.15) is 0 Å². The lowest BCUT2D eigenvalue weighted by Gasteiger charge is -2.61. The maximum Gasteiger partial charge on any atom is 0.209 e. The Labute approximate surface area is 124 Å². The number of fused-ring (bicyclic) bond motifs is 1. The van der Waals surface area contributed by atoms with Gasteiger partial charge in [-0.25, -0.2) is 13.1 Å². The van der Waals surface area contributed by atoms with E-state index < -0.39 is 15.6 Å². The van der Waals surface area contributed by atoms with Gasteiger partial charge in [0.2, 0.25) is 10.0 Å². The molecule has 5 heteroatoms. The van der Waals surface area contributed by atoms with E-state index in [1.807, 2.05) is 13.8 Å². The van der Waals surface area contributed by atoms with Gasteiger partial charge < -0.3 is 5.32 Å². The molecular formula is C15H30N2O2S. The molecule has 0 spiro atoms. The van der Waals surface area contributed by atoms with Crippen LogP contribution >= 0.6 is 0 Å². The summed E-state index contributed by atoms with van der Waals surface area (Å²) in [6.07, 6.45) is 6.63. The van der Waals surface area contributed by atoms with Crippen molar-refractivity contribution in [1.82, 2.24) is 10.0 Å². The lowest BCUT2D eigenvalue weighted by molar-refractivity contribution is -0.0887. The maximum atomic E-state index is 11.4. The van der Waals surface area contributed by atoms with Crippen molar-refractivity contribution in [2.75, 3.05) is 12.8 Å². The highest BCUT2D eigenvalue weighted by atomic mass is 32.2. The standard InChI is InChI=1S/C15H30N2O2S/c1-14(2,17-20(5,18)19)10-16-13-11-8-6-7-9-12(11)15(13,3)4/h11-13,16-17H,6-10H2,1-5H3/t11-,12+,13+/m1/s1. The molecule has 0 aromatic rings. The van der Waals surface area contributed by atoms with E-state index in [0.717, 1.165) is 11.8 Å². The number of hydrogen-bond acceptors (Lipinski definition) is 3. The highest BCUT2D eigenvalue weighted by Gasteiger charge is 2.56. The SMILES string of the molecule is CC(C)(CN[C@H]1[C@@H]2CCCC[C@@H]2C1(C)C)NS(C)(=O)=O. The summed E-state index contributed by atoms with van der Waals surface area (Å²) in [6.45, 7) is 9.26. The van der Waals surface area contributed by atoms with Crippen LogP contribution in [-0.2, 0) is 10.0 Å². The van der Waals surface area contributed by atoms with Gasteiger partial charge in [-0.1, -0.05) is 26.7 Å². The average molecular weight is 302 g/mol. The zero-order chi connectivity index (χ0) is 15.2. The van der Waals surface area contributed by atoms with E-state index in [-0.39, 0.29) is 0 Å². The third-order valence-electron chi connectivity index (χ3n) is 5.23. The Morgan fingerprint density at radius 2 is 1.80 bits per heavy atom. The first kappa shape index (κ1) is 16.2. The summed E-state index contributed by atoms with van der Waals surface area (Å²) in [6, 6.07) is 0.522. The summed E-state index contributed by atoms with van der Waals surface area (Å²) < 4.78 is 25.5. The van der Waals surface area contributed by atoms with Crippen LogP contribution in [-0.4, -0.2) is 32.8 Å². The molecule has 118 valence electrons. The van der Waals surface area contributed by atoms with E-state index in [1.165, 1.54) is 31.9 Å². The van der Waals surface area contributed by atoms with Crippen LogP contribution in [0.15, 0.2) is 0 Å².